The maximum atomic E-state index is 12.2. The molecule has 0 radical (unpaired) electrons. The van der Waals surface area contributed by atoms with Gasteiger partial charge in [-0.05, 0) is 42.8 Å². The summed E-state index contributed by atoms with van der Waals surface area (Å²) in [6, 6.07) is 16.7. The molecule has 2 N–H and O–H groups in total. The van der Waals surface area contributed by atoms with Gasteiger partial charge >= 0.3 is 0 Å². The molecule has 0 spiro atoms. The lowest BCUT2D eigenvalue weighted by Crippen LogP contribution is -2.28. The molecule has 0 aliphatic rings. The fourth-order valence-electron chi connectivity index (χ4n) is 2.64. The summed E-state index contributed by atoms with van der Waals surface area (Å²) in [5, 5.41) is 6.55. The third-order valence-corrected chi connectivity index (χ3v) is 3.95. The highest BCUT2D eigenvalue weighted by Crippen LogP contribution is 2.21. The van der Waals surface area contributed by atoms with E-state index in [9.17, 15) is 9.59 Å². The fourth-order valence-corrected chi connectivity index (χ4v) is 2.64. The van der Waals surface area contributed by atoms with E-state index in [0.29, 0.717) is 5.56 Å². The molecule has 25 heavy (non-hydrogen) atoms. The fraction of sp³-hybridized carbons (Fsp3) is 0.150. The summed E-state index contributed by atoms with van der Waals surface area (Å²) in [7, 11) is 0. The van der Waals surface area contributed by atoms with Crippen LogP contribution in [0.5, 0.6) is 0 Å². The molecule has 3 aromatic rings. The first-order valence-corrected chi connectivity index (χ1v) is 8.12. The number of fused-ring (bicyclic) bond motifs is 1. The number of carbonyl (C=O) groups is 2. The van der Waals surface area contributed by atoms with Gasteiger partial charge in [0.1, 0.15) is 0 Å². The van der Waals surface area contributed by atoms with Gasteiger partial charge in [0.15, 0.2) is 0 Å². The first kappa shape index (κ1) is 16.6. The first-order valence-electron chi connectivity index (χ1n) is 8.12. The van der Waals surface area contributed by atoms with Crippen molar-refractivity contribution in [3.63, 3.8) is 0 Å². The van der Waals surface area contributed by atoms with Crippen molar-refractivity contribution in [1.29, 1.82) is 0 Å². The van der Waals surface area contributed by atoms with E-state index < -0.39 is 0 Å². The first-order chi connectivity index (χ1) is 12.1. The SMILES string of the molecule is Cc1ccccc1C(=O)NCCC(=O)Nc1cccc2ncccc12. The number of hydrogen-bond donors (Lipinski definition) is 2. The quantitative estimate of drug-likeness (QED) is 0.752. The van der Waals surface area contributed by atoms with Crippen LogP contribution in [0.1, 0.15) is 22.3 Å². The molecule has 1 heterocycles. The third-order valence-electron chi connectivity index (χ3n) is 3.95. The van der Waals surface area contributed by atoms with Crippen LogP contribution in [0.25, 0.3) is 10.9 Å². The van der Waals surface area contributed by atoms with Crippen molar-refractivity contribution in [1.82, 2.24) is 10.3 Å². The molecule has 3 rings (SSSR count). The number of carbonyl (C=O) groups excluding carboxylic acids is 2. The van der Waals surface area contributed by atoms with Gasteiger partial charge in [-0.1, -0.05) is 24.3 Å². The molecule has 0 fully saturated rings. The van der Waals surface area contributed by atoms with Crippen molar-refractivity contribution in [2.75, 3.05) is 11.9 Å². The van der Waals surface area contributed by atoms with Crippen molar-refractivity contribution in [2.45, 2.75) is 13.3 Å². The van der Waals surface area contributed by atoms with Crippen molar-refractivity contribution in [3.8, 4) is 0 Å². The highest BCUT2D eigenvalue weighted by atomic mass is 16.2. The number of benzene rings is 2. The zero-order valence-electron chi connectivity index (χ0n) is 14.0. The standard InChI is InChI=1S/C20H19N3O2/c1-14-6-2-3-7-15(14)20(25)22-13-11-19(24)23-18-10-4-9-17-16(18)8-5-12-21-17/h2-10,12H,11,13H2,1H3,(H,22,25)(H,23,24). The van der Waals surface area contributed by atoms with Gasteiger partial charge < -0.3 is 10.6 Å². The monoisotopic (exact) mass is 333 g/mol. The van der Waals surface area contributed by atoms with Crippen LogP contribution in [0.4, 0.5) is 5.69 Å². The van der Waals surface area contributed by atoms with E-state index in [1.54, 1.807) is 12.3 Å². The molecule has 0 atom stereocenters. The topological polar surface area (TPSA) is 71.1 Å². The summed E-state index contributed by atoms with van der Waals surface area (Å²) in [6.07, 6.45) is 1.92. The van der Waals surface area contributed by atoms with E-state index in [0.717, 1.165) is 22.2 Å². The second kappa shape index (κ2) is 7.57. The Morgan fingerprint density at radius 2 is 1.84 bits per heavy atom. The average Bonchev–Trinajstić information content (AvgIpc) is 2.62. The number of amides is 2. The van der Waals surface area contributed by atoms with Gasteiger partial charge in [0, 0.05) is 30.1 Å². The van der Waals surface area contributed by atoms with Crippen molar-refractivity contribution < 1.29 is 9.59 Å². The number of nitrogens with one attached hydrogen (secondary N) is 2. The zero-order valence-corrected chi connectivity index (χ0v) is 14.0. The molecule has 0 unspecified atom stereocenters. The highest BCUT2D eigenvalue weighted by Gasteiger charge is 2.09. The maximum absolute atomic E-state index is 12.2. The minimum absolute atomic E-state index is 0.151. The number of aromatic nitrogens is 1. The zero-order chi connectivity index (χ0) is 17.6. The molecule has 0 saturated heterocycles. The number of nitrogens with zero attached hydrogens (tertiary/aromatic N) is 1. The van der Waals surface area contributed by atoms with Gasteiger partial charge in [0.25, 0.3) is 5.91 Å². The van der Waals surface area contributed by atoms with Crippen molar-refractivity contribution in [2.24, 2.45) is 0 Å². The Balaban J connectivity index is 1.56. The van der Waals surface area contributed by atoms with Gasteiger partial charge in [-0.15, -0.1) is 0 Å². The molecule has 0 bridgehead atoms. The van der Waals surface area contributed by atoms with Crippen LogP contribution in [0, 0.1) is 6.92 Å². The van der Waals surface area contributed by atoms with Gasteiger partial charge in [-0.2, -0.15) is 0 Å². The van der Waals surface area contributed by atoms with E-state index in [-0.39, 0.29) is 24.8 Å². The Kier molecular flexibility index (Phi) is 5.04. The molecule has 5 nitrogen and oxygen atoms in total. The molecular weight excluding hydrogens is 314 g/mol. The van der Waals surface area contributed by atoms with Crippen LogP contribution in [0.2, 0.25) is 0 Å². The summed E-state index contributed by atoms with van der Waals surface area (Å²) < 4.78 is 0. The normalized spacial score (nSPS) is 10.4. The number of aryl methyl sites for hydroxylation is 1. The van der Waals surface area contributed by atoms with Crippen LogP contribution in [0.3, 0.4) is 0 Å². The Morgan fingerprint density at radius 3 is 2.68 bits per heavy atom. The molecule has 0 saturated carbocycles. The van der Waals surface area contributed by atoms with E-state index in [4.69, 9.17) is 0 Å². The van der Waals surface area contributed by atoms with Crippen LogP contribution in [0.15, 0.2) is 60.8 Å². The molecule has 2 aromatic carbocycles. The molecule has 1 aromatic heterocycles. The largest absolute Gasteiger partial charge is 0.352 e. The molecule has 2 amide bonds. The lowest BCUT2D eigenvalue weighted by Gasteiger charge is -2.09. The van der Waals surface area contributed by atoms with E-state index in [2.05, 4.69) is 15.6 Å². The molecular formula is C20H19N3O2. The van der Waals surface area contributed by atoms with Crippen LogP contribution < -0.4 is 10.6 Å². The smallest absolute Gasteiger partial charge is 0.251 e. The van der Waals surface area contributed by atoms with Gasteiger partial charge in [0.05, 0.1) is 11.2 Å². The lowest BCUT2D eigenvalue weighted by molar-refractivity contribution is -0.116. The predicted molar refractivity (Wildman–Crippen MR) is 98.5 cm³/mol. The second-order valence-electron chi connectivity index (χ2n) is 5.74. The lowest BCUT2D eigenvalue weighted by atomic mass is 10.1. The van der Waals surface area contributed by atoms with Crippen molar-refractivity contribution in [3.05, 3.63) is 71.9 Å². The number of rotatable bonds is 5. The van der Waals surface area contributed by atoms with E-state index in [1.165, 1.54) is 0 Å². The van der Waals surface area contributed by atoms with Crippen LogP contribution >= 0.6 is 0 Å². The van der Waals surface area contributed by atoms with Gasteiger partial charge in [0.2, 0.25) is 5.91 Å². The number of anilines is 1. The molecule has 126 valence electrons. The minimum Gasteiger partial charge on any atom is -0.352 e. The summed E-state index contributed by atoms with van der Waals surface area (Å²) in [4.78, 5) is 28.6. The predicted octanol–water partition coefficient (Wildman–Crippen LogP) is 3.30. The Morgan fingerprint density at radius 1 is 1.00 bits per heavy atom. The summed E-state index contributed by atoms with van der Waals surface area (Å²) >= 11 is 0. The average molecular weight is 333 g/mol. The molecule has 0 aliphatic carbocycles. The highest BCUT2D eigenvalue weighted by molar-refractivity contribution is 6.01. The Hall–Kier alpha value is -3.21. The van der Waals surface area contributed by atoms with E-state index in [1.807, 2.05) is 55.5 Å². The number of pyridine rings is 1. The summed E-state index contributed by atoms with van der Waals surface area (Å²) in [5.41, 5.74) is 3.09. The summed E-state index contributed by atoms with van der Waals surface area (Å²) in [6.45, 7) is 2.16. The minimum atomic E-state index is -0.166. The molecule has 0 aliphatic heterocycles. The Labute approximate surface area is 146 Å². The van der Waals surface area contributed by atoms with Crippen LogP contribution in [-0.4, -0.2) is 23.3 Å². The van der Waals surface area contributed by atoms with E-state index >= 15 is 0 Å². The second-order valence-corrected chi connectivity index (χ2v) is 5.74. The molecule has 5 heteroatoms. The summed E-state index contributed by atoms with van der Waals surface area (Å²) in [5.74, 6) is -0.318. The van der Waals surface area contributed by atoms with Crippen LogP contribution in [-0.2, 0) is 4.79 Å². The number of hydrogen-bond acceptors (Lipinski definition) is 3. The van der Waals surface area contributed by atoms with Crippen molar-refractivity contribution >= 4 is 28.4 Å². The van der Waals surface area contributed by atoms with Gasteiger partial charge in [-0.3, -0.25) is 14.6 Å². The third kappa shape index (κ3) is 4.01. The van der Waals surface area contributed by atoms with Gasteiger partial charge in [-0.25, -0.2) is 0 Å². The Bertz CT molecular complexity index is 916. The maximum Gasteiger partial charge on any atom is 0.251 e.